The number of sulfone groups is 1. The third kappa shape index (κ3) is 4.62. The first-order chi connectivity index (χ1) is 9.26. The molecular formula is C13H22F3NO2S. The summed E-state index contributed by atoms with van der Waals surface area (Å²) < 4.78 is 60.7. The maximum absolute atomic E-state index is 12.7. The Balaban J connectivity index is 1.74. The SMILES string of the molecule is O=S1(=O)CCC(CNC2CCCC(C(F)(F)F)C2)CC1. The summed E-state index contributed by atoms with van der Waals surface area (Å²) in [6.45, 7) is 0.644. The molecule has 1 aliphatic heterocycles. The fraction of sp³-hybridized carbons (Fsp3) is 1.00. The van der Waals surface area contributed by atoms with E-state index in [1.807, 2.05) is 0 Å². The topological polar surface area (TPSA) is 46.2 Å². The van der Waals surface area contributed by atoms with Gasteiger partial charge in [-0.3, -0.25) is 0 Å². The number of hydrogen-bond donors (Lipinski definition) is 1. The van der Waals surface area contributed by atoms with E-state index >= 15 is 0 Å². The number of rotatable bonds is 3. The van der Waals surface area contributed by atoms with E-state index in [9.17, 15) is 21.6 Å². The van der Waals surface area contributed by atoms with Crippen LogP contribution >= 0.6 is 0 Å². The maximum atomic E-state index is 12.7. The minimum Gasteiger partial charge on any atom is -0.314 e. The van der Waals surface area contributed by atoms with Gasteiger partial charge < -0.3 is 5.32 Å². The highest BCUT2D eigenvalue weighted by Crippen LogP contribution is 2.37. The van der Waals surface area contributed by atoms with Crippen molar-refractivity contribution in [3.8, 4) is 0 Å². The van der Waals surface area contributed by atoms with Crippen LogP contribution in [0.5, 0.6) is 0 Å². The van der Waals surface area contributed by atoms with Crippen molar-refractivity contribution in [2.75, 3.05) is 18.1 Å². The van der Waals surface area contributed by atoms with Crippen LogP contribution in [0.1, 0.15) is 38.5 Å². The predicted octanol–water partition coefficient (Wildman–Crippen LogP) is 2.52. The third-order valence-corrected chi connectivity index (χ3v) is 6.22. The van der Waals surface area contributed by atoms with Gasteiger partial charge in [0, 0.05) is 6.04 Å². The van der Waals surface area contributed by atoms with E-state index in [1.165, 1.54) is 0 Å². The highest BCUT2D eigenvalue weighted by Gasteiger charge is 2.42. The number of nitrogens with one attached hydrogen (secondary N) is 1. The first kappa shape index (κ1) is 16.1. The smallest absolute Gasteiger partial charge is 0.314 e. The van der Waals surface area contributed by atoms with Crippen LogP contribution in [0.25, 0.3) is 0 Å². The summed E-state index contributed by atoms with van der Waals surface area (Å²) in [4.78, 5) is 0. The molecule has 118 valence electrons. The quantitative estimate of drug-likeness (QED) is 0.871. The second-order valence-electron chi connectivity index (χ2n) is 6.11. The molecule has 0 aromatic carbocycles. The molecule has 0 aromatic rings. The van der Waals surface area contributed by atoms with Crippen LogP contribution in [0, 0.1) is 11.8 Å². The molecule has 2 unspecified atom stereocenters. The third-order valence-electron chi connectivity index (χ3n) is 4.51. The van der Waals surface area contributed by atoms with E-state index in [2.05, 4.69) is 5.32 Å². The summed E-state index contributed by atoms with van der Waals surface area (Å²) in [5.74, 6) is -0.463. The molecule has 1 heterocycles. The first-order valence-corrected chi connectivity index (χ1v) is 9.09. The molecule has 20 heavy (non-hydrogen) atoms. The summed E-state index contributed by atoms with van der Waals surface area (Å²) in [6, 6.07) is -0.0751. The van der Waals surface area contributed by atoms with Crippen LogP contribution in [0.15, 0.2) is 0 Å². The summed E-state index contributed by atoms with van der Waals surface area (Å²) in [7, 11) is -2.86. The molecule has 0 aromatic heterocycles. The fourth-order valence-corrected chi connectivity index (χ4v) is 4.74. The van der Waals surface area contributed by atoms with Gasteiger partial charge in [-0.1, -0.05) is 6.42 Å². The monoisotopic (exact) mass is 313 g/mol. The van der Waals surface area contributed by atoms with E-state index < -0.39 is 21.9 Å². The molecule has 2 aliphatic rings. The Hall–Kier alpha value is -0.300. The van der Waals surface area contributed by atoms with Crippen molar-refractivity contribution in [3.05, 3.63) is 0 Å². The van der Waals surface area contributed by atoms with Crippen LogP contribution in [0.3, 0.4) is 0 Å². The number of alkyl halides is 3. The number of hydrogen-bond acceptors (Lipinski definition) is 3. The van der Waals surface area contributed by atoms with Crippen molar-refractivity contribution in [2.45, 2.75) is 50.7 Å². The zero-order chi connectivity index (χ0) is 14.8. The van der Waals surface area contributed by atoms with Gasteiger partial charge >= 0.3 is 6.18 Å². The van der Waals surface area contributed by atoms with Gasteiger partial charge in [-0.15, -0.1) is 0 Å². The summed E-state index contributed by atoms with van der Waals surface area (Å²) in [6.07, 6.45) is -1.02. The van der Waals surface area contributed by atoms with Crippen molar-refractivity contribution >= 4 is 9.84 Å². The second kappa shape index (κ2) is 6.22. The van der Waals surface area contributed by atoms with Gasteiger partial charge in [0.25, 0.3) is 0 Å². The van der Waals surface area contributed by atoms with Gasteiger partial charge in [-0.05, 0) is 44.6 Å². The average Bonchev–Trinajstić information content (AvgIpc) is 2.37. The Bertz CT molecular complexity index is 408. The Morgan fingerprint density at radius 3 is 2.30 bits per heavy atom. The van der Waals surface area contributed by atoms with Gasteiger partial charge in [-0.2, -0.15) is 13.2 Å². The van der Waals surface area contributed by atoms with Crippen molar-refractivity contribution in [1.82, 2.24) is 5.32 Å². The Labute approximate surface area is 118 Å². The Morgan fingerprint density at radius 1 is 1.05 bits per heavy atom. The van der Waals surface area contributed by atoms with Crippen molar-refractivity contribution < 1.29 is 21.6 Å². The molecule has 0 bridgehead atoms. The van der Waals surface area contributed by atoms with Gasteiger partial charge in [0.1, 0.15) is 9.84 Å². The van der Waals surface area contributed by atoms with Gasteiger partial charge in [0.15, 0.2) is 0 Å². The molecule has 1 N–H and O–H groups in total. The lowest BCUT2D eigenvalue weighted by Crippen LogP contribution is -2.41. The zero-order valence-corrected chi connectivity index (χ0v) is 12.3. The Kier molecular flexibility index (Phi) is 5.00. The standard InChI is InChI=1S/C13H22F3NO2S/c14-13(15,16)11-2-1-3-12(8-11)17-9-10-4-6-20(18,19)7-5-10/h10-12,17H,1-9H2. The van der Waals surface area contributed by atoms with Crippen molar-refractivity contribution in [3.63, 3.8) is 0 Å². The highest BCUT2D eigenvalue weighted by molar-refractivity contribution is 7.91. The van der Waals surface area contributed by atoms with Crippen molar-refractivity contribution in [2.24, 2.45) is 11.8 Å². The highest BCUT2D eigenvalue weighted by atomic mass is 32.2. The van der Waals surface area contributed by atoms with E-state index in [0.717, 1.165) is 6.42 Å². The average molecular weight is 313 g/mol. The molecule has 2 fully saturated rings. The zero-order valence-electron chi connectivity index (χ0n) is 11.5. The predicted molar refractivity (Wildman–Crippen MR) is 71.2 cm³/mol. The van der Waals surface area contributed by atoms with Crippen LogP contribution in [0.4, 0.5) is 13.2 Å². The molecule has 0 spiro atoms. The molecule has 7 heteroatoms. The van der Waals surface area contributed by atoms with Crippen LogP contribution in [0.2, 0.25) is 0 Å². The molecule has 2 rings (SSSR count). The Morgan fingerprint density at radius 2 is 1.70 bits per heavy atom. The van der Waals surface area contributed by atoms with Gasteiger partial charge in [0.05, 0.1) is 17.4 Å². The summed E-state index contributed by atoms with van der Waals surface area (Å²) >= 11 is 0. The van der Waals surface area contributed by atoms with Gasteiger partial charge in [0.2, 0.25) is 0 Å². The normalized spacial score (nSPS) is 32.1. The summed E-state index contributed by atoms with van der Waals surface area (Å²) in [5.41, 5.74) is 0. The largest absolute Gasteiger partial charge is 0.391 e. The summed E-state index contributed by atoms with van der Waals surface area (Å²) in [5, 5.41) is 3.23. The van der Waals surface area contributed by atoms with E-state index in [1.54, 1.807) is 0 Å². The minimum absolute atomic E-state index is 0.0751. The van der Waals surface area contributed by atoms with Crippen LogP contribution in [-0.4, -0.2) is 38.7 Å². The molecule has 1 aliphatic carbocycles. The van der Waals surface area contributed by atoms with E-state index in [0.29, 0.717) is 25.8 Å². The van der Waals surface area contributed by atoms with Crippen molar-refractivity contribution in [1.29, 1.82) is 0 Å². The molecule has 2 atom stereocenters. The van der Waals surface area contributed by atoms with Crippen LogP contribution < -0.4 is 5.32 Å². The maximum Gasteiger partial charge on any atom is 0.391 e. The minimum atomic E-state index is -4.08. The first-order valence-electron chi connectivity index (χ1n) is 7.27. The molecule has 1 saturated heterocycles. The number of halogens is 3. The molecule has 3 nitrogen and oxygen atoms in total. The molecular weight excluding hydrogens is 291 g/mol. The second-order valence-corrected chi connectivity index (χ2v) is 8.41. The molecule has 0 radical (unpaired) electrons. The lowest BCUT2D eigenvalue weighted by molar-refractivity contribution is -0.183. The lowest BCUT2D eigenvalue weighted by atomic mass is 9.85. The van der Waals surface area contributed by atoms with Crippen LogP contribution in [-0.2, 0) is 9.84 Å². The lowest BCUT2D eigenvalue weighted by Gasteiger charge is -2.32. The molecule has 0 amide bonds. The fourth-order valence-electron chi connectivity index (χ4n) is 3.15. The van der Waals surface area contributed by atoms with Gasteiger partial charge in [-0.25, -0.2) is 8.42 Å². The van der Waals surface area contributed by atoms with E-state index in [4.69, 9.17) is 0 Å². The van der Waals surface area contributed by atoms with E-state index in [-0.39, 0.29) is 36.3 Å². The molecule has 1 saturated carbocycles.